The molecule has 0 saturated heterocycles. The summed E-state index contributed by atoms with van der Waals surface area (Å²) < 4.78 is 6.90. The first-order chi connectivity index (χ1) is 11.7. The summed E-state index contributed by atoms with van der Waals surface area (Å²) in [6.07, 6.45) is 3.24. The molecule has 0 spiro atoms. The summed E-state index contributed by atoms with van der Waals surface area (Å²) >= 11 is 0. The molecule has 3 atom stereocenters. The zero-order chi connectivity index (χ0) is 20.4. The molecule has 0 heterocycles. The Morgan fingerprint density at radius 1 is 1.35 bits per heavy atom. The summed E-state index contributed by atoms with van der Waals surface area (Å²) in [6, 6.07) is 0. The molecule has 148 valence electrons. The molecule has 0 aromatic heterocycles. The second-order valence-electron chi connectivity index (χ2n) is 9.85. The highest BCUT2D eigenvalue weighted by atomic mass is 28.4. The highest BCUT2D eigenvalue weighted by molar-refractivity contribution is 6.74. The van der Waals surface area contributed by atoms with Crippen LogP contribution >= 0.6 is 0 Å². The first-order valence-electron chi connectivity index (χ1n) is 9.91. The minimum absolute atomic E-state index is 0.0405. The van der Waals surface area contributed by atoms with Gasteiger partial charge in [0.25, 0.3) is 0 Å². The second kappa shape index (κ2) is 8.39. The van der Waals surface area contributed by atoms with Gasteiger partial charge in [-0.05, 0) is 55.8 Å². The first-order valence-corrected chi connectivity index (χ1v) is 12.8. The molecule has 0 bridgehead atoms. The minimum Gasteiger partial charge on any atom is -0.410 e. The van der Waals surface area contributed by atoms with E-state index in [0.717, 1.165) is 17.6 Å². The SMILES string of the molecule is C=CCC1=C(C)C(=O)C[C@@H](C(C)C)[C@@H]1[C@H](O[Si](C)(C)C(C)(C)C)C(=C)C. The largest absolute Gasteiger partial charge is 0.410 e. The number of Topliss-reactive ketones (excluding diaryl/α,β-unsaturated/α-hetero) is 1. The van der Waals surface area contributed by atoms with E-state index in [4.69, 9.17) is 4.43 Å². The number of hydrogen-bond acceptors (Lipinski definition) is 2. The maximum atomic E-state index is 12.6. The lowest BCUT2D eigenvalue weighted by Crippen LogP contribution is -2.49. The summed E-state index contributed by atoms with van der Waals surface area (Å²) in [5.41, 5.74) is 3.19. The topological polar surface area (TPSA) is 26.3 Å². The predicted molar refractivity (Wildman–Crippen MR) is 116 cm³/mol. The van der Waals surface area contributed by atoms with Gasteiger partial charge < -0.3 is 4.43 Å². The standard InChI is InChI=1S/C23H40O2Si/c1-12-13-18-17(6)20(24)14-19(15(2)3)21(18)22(16(4)5)25-26(10,11)23(7,8)9/h12,15,19,21-22H,1,4,13-14H2,2-3,5-11H3/t19-,21+,22+/m0/s1. The van der Waals surface area contributed by atoms with Crippen LogP contribution in [0.4, 0.5) is 0 Å². The molecular formula is C23H40O2Si. The Morgan fingerprint density at radius 3 is 2.27 bits per heavy atom. The van der Waals surface area contributed by atoms with Crippen molar-refractivity contribution in [1.82, 2.24) is 0 Å². The smallest absolute Gasteiger partial charge is 0.192 e. The van der Waals surface area contributed by atoms with Crippen molar-refractivity contribution in [3.05, 3.63) is 36.0 Å². The summed E-state index contributed by atoms with van der Waals surface area (Å²) in [5.74, 6) is 1.19. The van der Waals surface area contributed by atoms with Crippen LogP contribution < -0.4 is 0 Å². The third-order valence-electron chi connectivity index (χ3n) is 6.44. The molecular weight excluding hydrogens is 336 g/mol. The molecule has 0 unspecified atom stereocenters. The molecule has 0 N–H and O–H groups in total. The number of carbonyl (C=O) groups excluding carboxylic acids is 1. The highest BCUT2D eigenvalue weighted by Gasteiger charge is 2.45. The molecule has 0 aromatic rings. The Hall–Kier alpha value is -0.933. The van der Waals surface area contributed by atoms with Crippen LogP contribution in [0.25, 0.3) is 0 Å². The number of carbonyl (C=O) groups is 1. The lowest BCUT2D eigenvalue weighted by molar-refractivity contribution is -0.118. The molecule has 0 amide bonds. The van der Waals surface area contributed by atoms with Crippen molar-refractivity contribution >= 4 is 14.1 Å². The molecule has 3 heteroatoms. The third kappa shape index (κ3) is 4.86. The Labute approximate surface area is 162 Å². The van der Waals surface area contributed by atoms with Gasteiger partial charge in [0.15, 0.2) is 14.1 Å². The number of rotatable bonds is 7. The van der Waals surface area contributed by atoms with Gasteiger partial charge in [-0.1, -0.05) is 58.4 Å². The zero-order valence-electron chi connectivity index (χ0n) is 18.5. The number of ketones is 1. The van der Waals surface area contributed by atoms with Gasteiger partial charge in [0.05, 0.1) is 6.10 Å². The molecule has 1 rings (SSSR count). The van der Waals surface area contributed by atoms with Crippen LogP contribution in [0.3, 0.4) is 0 Å². The molecule has 2 nitrogen and oxygen atoms in total. The number of allylic oxidation sites excluding steroid dienone is 2. The minimum atomic E-state index is -1.96. The van der Waals surface area contributed by atoms with Crippen molar-refractivity contribution in [2.45, 2.75) is 85.5 Å². The first kappa shape index (κ1) is 23.1. The average molecular weight is 377 g/mol. The summed E-state index contributed by atoms with van der Waals surface area (Å²) in [5, 5.41) is 0.135. The van der Waals surface area contributed by atoms with Crippen molar-refractivity contribution in [1.29, 1.82) is 0 Å². The average Bonchev–Trinajstić information content (AvgIpc) is 2.48. The van der Waals surface area contributed by atoms with Crippen LogP contribution in [0.5, 0.6) is 0 Å². The summed E-state index contributed by atoms with van der Waals surface area (Å²) in [7, 11) is -1.96. The predicted octanol–water partition coefficient (Wildman–Crippen LogP) is 6.71. The molecule has 0 aliphatic heterocycles. The second-order valence-corrected chi connectivity index (χ2v) is 14.6. The Balaban J connectivity index is 3.49. The van der Waals surface area contributed by atoms with E-state index in [-0.39, 0.29) is 28.8 Å². The molecule has 0 fully saturated rings. The molecule has 1 aliphatic rings. The molecule has 0 aromatic carbocycles. The van der Waals surface area contributed by atoms with Crippen molar-refractivity contribution in [3.8, 4) is 0 Å². The van der Waals surface area contributed by atoms with Crippen LogP contribution in [0.15, 0.2) is 36.0 Å². The van der Waals surface area contributed by atoms with Crippen molar-refractivity contribution in [2.75, 3.05) is 0 Å². The van der Waals surface area contributed by atoms with Crippen molar-refractivity contribution in [3.63, 3.8) is 0 Å². The summed E-state index contributed by atoms with van der Waals surface area (Å²) in [6.45, 7) is 28.1. The van der Waals surface area contributed by atoms with Gasteiger partial charge in [0.2, 0.25) is 0 Å². The fourth-order valence-electron chi connectivity index (χ4n) is 3.66. The number of hydrogen-bond donors (Lipinski definition) is 0. The molecule has 26 heavy (non-hydrogen) atoms. The van der Waals surface area contributed by atoms with Crippen LogP contribution in [0.1, 0.15) is 61.3 Å². The Kier molecular flexibility index (Phi) is 7.46. The van der Waals surface area contributed by atoms with Gasteiger partial charge in [-0.2, -0.15) is 0 Å². The highest BCUT2D eigenvalue weighted by Crippen LogP contribution is 2.46. The Bertz CT molecular complexity index is 590. The van der Waals surface area contributed by atoms with Gasteiger partial charge in [-0.3, -0.25) is 4.79 Å². The van der Waals surface area contributed by atoms with Crippen molar-refractivity contribution in [2.24, 2.45) is 17.8 Å². The quantitative estimate of drug-likeness (QED) is 0.365. The van der Waals surface area contributed by atoms with Gasteiger partial charge in [-0.15, -0.1) is 6.58 Å². The monoisotopic (exact) mass is 376 g/mol. The van der Waals surface area contributed by atoms with E-state index >= 15 is 0 Å². The van der Waals surface area contributed by atoms with E-state index in [9.17, 15) is 4.79 Å². The van der Waals surface area contributed by atoms with Gasteiger partial charge >= 0.3 is 0 Å². The normalized spacial score (nSPS) is 23.4. The van der Waals surface area contributed by atoms with E-state index in [0.29, 0.717) is 12.3 Å². The van der Waals surface area contributed by atoms with Crippen LogP contribution in [-0.4, -0.2) is 20.2 Å². The fraction of sp³-hybridized carbons (Fsp3) is 0.696. The van der Waals surface area contributed by atoms with Crippen LogP contribution in [0, 0.1) is 17.8 Å². The lowest BCUT2D eigenvalue weighted by Gasteiger charge is -2.46. The summed E-state index contributed by atoms with van der Waals surface area (Å²) in [4.78, 5) is 12.6. The maximum Gasteiger partial charge on any atom is 0.192 e. The lowest BCUT2D eigenvalue weighted by atomic mass is 9.66. The molecule has 1 aliphatic carbocycles. The van der Waals surface area contributed by atoms with E-state index in [2.05, 4.69) is 67.8 Å². The van der Waals surface area contributed by atoms with Gasteiger partial charge in [0.1, 0.15) is 0 Å². The van der Waals surface area contributed by atoms with Crippen molar-refractivity contribution < 1.29 is 9.22 Å². The molecule has 0 saturated carbocycles. The third-order valence-corrected chi connectivity index (χ3v) is 10.9. The Morgan fingerprint density at radius 2 is 1.88 bits per heavy atom. The van der Waals surface area contributed by atoms with E-state index in [1.165, 1.54) is 5.57 Å². The van der Waals surface area contributed by atoms with Gasteiger partial charge in [0, 0.05) is 12.3 Å². The van der Waals surface area contributed by atoms with E-state index < -0.39 is 8.32 Å². The van der Waals surface area contributed by atoms with Crippen LogP contribution in [0.2, 0.25) is 18.1 Å². The maximum absolute atomic E-state index is 12.6. The zero-order valence-corrected chi connectivity index (χ0v) is 19.5. The van der Waals surface area contributed by atoms with Gasteiger partial charge in [-0.25, -0.2) is 0 Å². The fourth-order valence-corrected chi connectivity index (χ4v) is 4.99. The van der Waals surface area contributed by atoms with Crippen LogP contribution in [-0.2, 0) is 9.22 Å². The van der Waals surface area contributed by atoms with E-state index in [1.807, 2.05) is 13.0 Å². The molecule has 0 radical (unpaired) electrons. The van der Waals surface area contributed by atoms with E-state index in [1.54, 1.807) is 0 Å².